The molecular weight excluding hydrogens is 859 g/mol. The van der Waals surface area contributed by atoms with E-state index in [9.17, 15) is 24.0 Å². The third-order valence-corrected chi connectivity index (χ3v) is 14.3. The number of benzene rings is 1. The molecule has 4 aliphatic heterocycles. The van der Waals surface area contributed by atoms with E-state index in [1.165, 1.54) is 21.2 Å². The van der Waals surface area contributed by atoms with Crippen molar-refractivity contribution < 1.29 is 33.4 Å². The maximum absolute atomic E-state index is 14.7. The fourth-order valence-electron chi connectivity index (χ4n) is 10.1. The summed E-state index contributed by atoms with van der Waals surface area (Å²) in [5.74, 6) is 3.26. The molecule has 66 heavy (non-hydrogen) atoms. The summed E-state index contributed by atoms with van der Waals surface area (Å²) in [7, 11) is 3.28. The second-order valence-corrected chi connectivity index (χ2v) is 20.1. The lowest BCUT2D eigenvalue weighted by atomic mass is 9.77. The summed E-state index contributed by atoms with van der Waals surface area (Å²) >= 11 is 1.41. The molecule has 350 valence electrons. The third-order valence-electron chi connectivity index (χ3n) is 13.5. The number of carbonyl (C=O) groups is 5. The Kier molecular flexibility index (Phi) is 13.3. The molecular formula is C49H61N9O7S. The number of hydrogen-bond donors (Lipinski definition) is 2. The predicted molar refractivity (Wildman–Crippen MR) is 250 cm³/mol. The number of thiazole rings is 1. The second kappa shape index (κ2) is 18.8. The van der Waals surface area contributed by atoms with Gasteiger partial charge in [-0.3, -0.25) is 29.2 Å². The minimum absolute atomic E-state index is 0.0755. The minimum Gasteiger partial charge on any atom is -0.464 e. The maximum atomic E-state index is 14.7. The first-order valence-electron chi connectivity index (χ1n) is 22.9. The number of cyclic esters (lactones) is 1. The quantitative estimate of drug-likeness (QED) is 0.181. The molecule has 4 aliphatic rings. The van der Waals surface area contributed by atoms with Crippen molar-refractivity contribution >= 4 is 52.0 Å². The van der Waals surface area contributed by atoms with E-state index in [4.69, 9.17) is 19.4 Å². The van der Waals surface area contributed by atoms with Crippen LogP contribution in [-0.2, 0) is 54.6 Å². The molecule has 17 heteroatoms. The summed E-state index contributed by atoms with van der Waals surface area (Å²) in [5, 5.41) is 8.12. The Morgan fingerprint density at radius 2 is 1.94 bits per heavy atom. The maximum Gasteiger partial charge on any atom is 0.324 e. The molecule has 1 aromatic carbocycles. The molecule has 0 saturated carbocycles. The van der Waals surface area contributed by atoms with Crippen LogP contribution in [0.5, 0.6) is 0 Å². The van der Waals surface area contributed by atoms with Gasteiger partial charge in [-0.1, -0.05) is 39.7 Å². The third kappa shape index (κ3) is 8.90. The monoisotopic (exact) mass is 919 g/mol. The van der Waals surface area contributed by atoms with E-state index in [0.717, 1.165) is 51.1 Å². The number of aromatic nitrogens is 3. The van der Waals surface area contributed by atoms with Gasteiger partial charge in [-0.15, -0.1) is 11.3 Å². The van der Waals surface area contributed by atoms with Crippen molar-refractivity contribution in [2.75, 3.05) is 46.9 Å². The summed E-state index contributed by atoms with van der Waals surface area (Å²) in [6, 6.07) is 7.27. The fourth-order valence-corrected chi connectivity index (χ4v) is 10.9. The van der Waals surface area contributed by atoms with E-state index in [2.05, 4.69) is 72.2 Å². The number of nitrogens with zero attached hydrogens (tertiary/aromatic N) is 7. The number of methoxy groups -OCH3 is 1. The standard InChI is InChI=1S/C49H61N9O7S/c1-9-13-41(59)55-27-49(28-55)18-21-57(49)47(63)54(7)42(30(3)4)44(60)52-36-23-40-51-38(26-66-40)31-16-17-39-33(22-31)34(43(56(39)10-2)32-14-11-19-50-37(32)25-64-8)24-48(5,6)29-65-46(62)35-15-12-20-58(53-35)45(36)61/h11,14,16-17,19,22,26,30,35-36,42,53H,10,12,15,18,20-21,23-25,27-29H2,1-8H3,(H,52,60)/t35-,36-,42?/m0/s1. The van der Waals surface area contributed by atoms with Gasteiger partial charge in [-0.2, -0.15) is 0 Å². The van der Waals surface area contributed by atoms with Gasteiger partial charge in [0, 0.05) is 92.3 Å². The summed E-state index contributed by atoms with van der Waals surface area (Å²) in [4.78, 5) is 84.2. The Bertz CT molecular complexity index is 2600. The van der Waals surface area contributed by atoms with Crippen LogP contribution in [-0.4, -0.2) is 135 Å². The van der Waals surface area contributed by atoms with E-state index >= 15 is 0 Å². The first-order valence-corrected chi connectivity index (χ1v) is 23.8. The lowest BCUT2D eigenvalue weighted by Crippen LogP contribution is -2.79. The van der Waals surface area contributed by atoms with Gasteiger partial charge >= 0.3 is 12.0 Å². The molecule has 3 saturated heterocycles. The Morgan fingerprint density at radius 3 is 2.64 bits per heavy atom. The Morgan fingerprint density at radius 1 is 1.15 bits per heavy atom. The highest BCUT2D eigenvalue weighted by atomic mass is 32.1. The van der Waals surface area contributed by atoms with Gasteiger partial charge in [0.05, 0.1) is 40.8 Å². The molecule has 6 bridgehead atoms. The zero-order chi connectivity index (χ0) is 47.1. The largest absolute Gasteiger partial charge is 0.464 e. The number of hydrazine groups is 1. The van der Waals surface area contributed by atoms with Gasteiger partial charge in [0.15, 0.2) is 0 Å². The van der Waals surface area contributed by atoms with Crippen molar-refractivity contribution in [2.45, 2.75) is 110 Å². The highest BCUT2D eigenvalue weighted by Gasteiger charge is 2.57. The Hall–Kier alpha value is -5.83. The van der Waals surface area contributed by atoms with E-state index in [1.54, 1.807) is 37.1 Å². The molecule has 5 amide bonds. The summed E-state index contributed by atoms with van der Waals surface area (Å²) in [6.45, 7) is 14.4. The van der Waals surface area contributed by atoms with Crippen molar-refractivity contribution in [1.29, 1.82) is 0 Å². The number of ether oxygens (including phenoxy) is 2. The molecule has 1 unspecified atom stereocenters. The van der Waals surface area contributed by atoms with E-state index in [1.807, 2.05) is 25.3 Å². The van der Waals surface area contributed by atoms with Crippen LogP contribution in [0, 0.1) is 23.2 Å². The molecule has 7 heterocycles. The number of urea groups is 1. The number of esters is 1. The zero-order valence-electron chi connectivity index (χ0n) is 39.2. The Balaban J connectivity index is 1.13. The van der Waals surface area contributed by atoms with Crippen molar-refractivity contribution in [3.63, 3.8) is 0 Å². The van der Waals surface area contributed by atoms with Gasteiger partial charge in [-0.05, 0) is 81.2 Å². The summed E-state index contributed by atoms with van der Waals surface area (Å²) in [6.07, 6.45) is 4.19. The lowest BCUT2D eigenvalue weighted by Gasteiger charge is -2.62. The number of likely N-dealkylation sites (tertiary alicyclic amines) is 2. The smallest absolute Gasteiger partial charge is 0.324 e. The SMILES string of the molecule is CC#CC(=O)N1CC2(CCN2C(=O)N(C)C(C(=O)N[C@H]2Cc3nc(cs3)-c3ccc4c(c3)c(c(-c3cccnc3COC)n4CC)CC(C)(C)COC(=O)[C@@H]3CCCN(N3)C2=O)C(C)C)C1. The van der Waals surface area contributed by atoms with E-state index in [0.29, 0.717) is 63.6 Å². The highest BCUT2D eigenvalue weighted by Crippen LogP contribution is 2.42. The van der Waals surface area contributed by atoms with Crippen LogP contribution in [0.3, 0.4) is 0 Å². The molecule has 0 radical (unpaired) electrons. The number of rotatable bonds is 8. The van der Waals surface area contributed by atoms with Gasteiger partial charge in [0.2, 0.25) is 5.91 Å². The van der Waals surface area contributed by atoms with Crippen LogP contribution in [0.2, 0.25) is 0 Å². The molecule has 3 atom stereocenters. The summed E-state index contributed by atoms with van der Waals surface area (Å²) in [5.41, 5.74) is 8.79. The van der Waals surface area contributed by atoms with Crippen molar-refractivity contribution in [3.05, 3.63) is 58.2 Å². The molecule has 2 N–H and O–H groups in total. The molecule has 0 aliphatic carbocycles. The van der Waals surface area contributed by atoms with Gasteiger partial charge in [0.1, 0.15) is 18.1 Å². The molecule has 4 aromatic rings. The fraction of sp³-hybridized carbons (Fsp3) is 0.531. The zero-order valence-corrected chi connectivity index (χ0v) is 40.0. The molecule has 3 fully saturated rings. The molecule has 8 rings (SSSR count). The van der Waals surface area contributed by atoms with E-state index < -0.39 is 46.9 Å². The number of fused-ring (bicyclic) bond motifs is 6. The number of nitrogens with one attached hydrogen (secondary N) is 2. The van der Waals surface area contributed by atoms with Crippen LogP contribution in [0.25, 0.3) is 33.4 Å². The van der Waals surface area contributed by atoms with Crippen molar-refractivity contribution in [1.82, 2.24) is 45.0 Å². The van der Waals surface area contributed by atoms with Crippen LogP contribution in [0.15, 0.2) is 41.9 Å². The van der Waals surface area contributed by atoms with Crippen molar-refractivity contribution in [3.8, 4) is 34.4 Å². The predicted octanol–water partition coefficient (Wildman–Crippen LogP) is 5.03. The molecule has 1 spiro atoms. The number of carbonyl (C=O) groups excluding carboxylic acids is 5. The number of amides is 5. The van der Waals surface area contributed by atoms with Crippen molar-refractivity contribution in [2.24, 2.45) is 11.3 Å². The number of likely N-dealkylation sites (N-methyl/N-ethyl adjacent to an activating group) is 1. The van der Waals surface area contributed by atoms with Crippen LogP contribution < -0.4 is 10.7 Å². The lowest BCUT2D eigenvalue weighted by molar-refractivity contribution is -0.155. The Labute approximate surface area is 390 Å². The average molecular weight is 920 g/mol. The van der Waals surface area contributed by atoms with Gasteiger partial charge < -0.3 is 34.1 Å². The average Bonchev–Trinajstić information content (AvgIpc) is 3.86. The summed E-state index contributed by atoms with van der Waals surface area (Å²) < 4.78 is 14.0. The highest BCUT2D eigenvalue weighted by molar-refractivity contribution is 7.10. The minimum atomic E-state index is -1.08. The second-order valence-electron chi connectivity index (χ2n) is 19.1. The number of pyridine rings is 1. The van der Waals surface area contributed by atoms with Crippen LogP contribution in [0.4, 0.5) is 4.79 Å². The topological polar surface area (TPSA) is 172 Å². The molecule has 3 aromatic heterocycles. The first kappa shape index (κ1) is 46.7. The number of aryl methyl sites for hydroxylation is 1. The first-order chi connectivity index (χ1) is 31.6. The molecule has 16 nitrogen and oxygen atoms in total. The number of hydrogen-bond acceptors (Lipinski definition) is 11. The van der Waals surface area contributed by atoms with E-state index in [-0.39, 0.29) is 30.9 Å². The van der Waals surface area contributed by atoms with Gasteiger partial charge in [-0.25, -0.2) is 15.2 Å². The normalized spacial score (nSPS) is 20.7. The van der Waals surface area contributed by atoms with Crippen LogP contribution in [0.1, 0.15) is 77.1 Å². The van der Waals surface area contributed by atoms with Gasteiger partial charge in [0.25, 0.3) is 11.8 Å². The van der Waals surface area contributed by atoms with Crippen LogP contribution >= 0.6 is 11.3 Å².